The number of benzene rings is 1. The molecule has 0 saturated carbocycles. The SMILES string of the molecule is Cc1c(CN(C)C(=S)Nc2cc(Cl)ccc2Cl)cnn1C. The molecule has 0 fully saturated rings. The maximum absolute atomic E-state index is 6.12. The number of nitrogens with zero attached hydrogens (tertiary/aromatic N) is 3. The molecule has 1 N–H and O–H groups in total. The van der Waals surface area contributed by atoms with E-state index >= 15 is 0 Å². The molecule has 0 aliphatic heterocycles. The molecule has 0 saturated heterocycles. The molecular weight excluding hydrogens is 327 g/mol. The van der Waals surface area contributed by atoms with Gasteiger partial charge < -0.3 is 10.2 Å². The first-order valence-electron chi connectivity index (χ1n) is 6.33. The van der Waals surface area contributed by atoms with Crippen molar-refractivity contribution in [2.24, 2.45) is 7.05 Å². The molecule has 0 aliphatic carbocycles. The van der Waals surface area contributed by atoms with E-state index in [1.165, 1.54) is 0 Å². The summed E-state index contributed by atoms with van der Waals surface area (Å²) in [6, 6.07) is 5.22. The lowest BCUT2D eigenvalue weighted by Crippen LogP contribution is -2.30. The molecule has 1 aromatic carbocycles. The summed E-state index contributed by atoms with van der Waals surface area (Å²) in [5.41, 5.74) is 2.94. The second kappa shape index (κ2) is 6.64. The Labute approximate surface area is 139 Å². The van der Waals surface area contributed by atoms with Crippen LogP contribution in [0.5, 0.6) is 0 Å². The minimum absolute atomic E-state index is 0.572. The number of anilines is 1. The number of nitrogens with one attached hydrogen (secondary N) is 1. The summed E-state index contributed by atoms with van der Waals surface area (Å²) >= 11 is 17.5. The fourth-order valence-electron chi connectivity index (χ4n) is 1.83. The van der Waals surface area contributed by atoms with Gasteiger partial charge in [-0.15, -0.1) is 0 Å². The topological polar surface area (TPSA) is 33.1 Å². The van der Waals surface area contributed by atoms with E-state index in [-0.39, 0.29) is 0 Å². The van der Waals surface area contributed by atoms with Crippen LogP contribution >= 0.6 is 35.4 Å². The lowest BCUT2D eigenvalue weighted by atomic mass is 10.2. The zero-order valence-electron chi connectivity index (χ0n) is 12.0. The van der Waals surface area contributed by atoms with Gasteiger partial charge in [0.15, 0.2) is 5.11 Å². The Morgan fingerprint density at radius 3 is 2.76 bits per heavy atom. The number of aromatic nitrogens is 2. The second-order valence-corrected chi connectivity index (χ2v) is 6.02. The maximum Gasteiger partial charge on any atom is 0.173 e. The summed E-state index contributed by atoms with van der Waals surface area (Å²) in [6.45, 7) is 2.70. The Morgan fingerprint density at radius 2 is 2.14 bits per heavy atom. The highest BCUT2D eigenvalue weighted by Crippen LogP contribution is 2.25. The van der Waals surface area contributed by atoms with E-state index in [0.717, 1.165) is 11.3 Å². The Kier molecular flexibility index (Phi) is 5.08. The van der Waals surface area contributed by atoms with Crippen LogP contribution in [0.15, 0.2) is 24.4 Å². The van der Waals surface area contributed by atoms with E-state index in [1.807, 2.05) is 36.8 Å². The number of hydrogen-bond acceptors (Lipinski definition) is 2. The van der Waals surface area contributed by atoms with Crippen LogP contribution in [0, 0.1) is 6.92 Å². The smallest absolute Gasteiger partial charge is 0.173 e. The molecular formula is C14H16Cl2N4S. The summed E-state index contributed by atoms with van der Waals surface area (Å²) < 4.78 is 1.84. The van der Waals surface area contributed by atoms with Crippen molar-refractivity contribution in [3.8, 4) is 0 Å². The van der Waals surface area contributed by atoms with Crippen molar-refractivity contribution >= 4 is 46.2 Å². The van der Waals surface area contributed by atoms with Crippen molar-refractivity contribution in [1.29, 1.82) is 0 Å². The molecule has 0 amide bonds. The van der Waals surface area contributed by atoms with Crippen LogP contribution in [-0.4, -0.2) is 26.8 Å². The molecule has 0 aliphatic rings. The molecule has 0 spiro atoms. The van der Waals surface area contributed by atoms with Gasteiger partial charge >= 0.3 is 0 Å². The largest absolute Gasteiger partial charge is 0.348 e. The Balaban J connectivity index is 2.06. The average molecular weight is 343 g/mol. The van der Waals surface area contributed by atoms with Crippen molar-refractivity contribution in [2.75, 3.05) is 12.4 Å². The number of hydrogen-bond donors (Lipinski definition) is 1. The van der Waals surface area contributed by atoms with Crippen LogP contribution < -0.4 is 5.32 Å². The van der Waals surface area contributed by atoms with Gasteiger partial charge in [0, 0.05) is 36.9 Å². The minimum Gasteiger partial charge on any atom is -0.348 e. The zero-order chi connectivity index (χ0) is 15.6. The monoisotopic (exact) mass is 342 g/mol. The van der Waals surface area contributed by atoms with Gasteiger partial charge in [-0.2, -0.15) is 5.10 Å². The molecule has 0 radical (unpaired) electrons. The molecule has 1 heterocycles. The zero-order valence-corrected chi connectivity index (χ0v) is 14.4. The predicted octanol–water partition coefficient (Wildman–Crippen LogP) is 3.86. The van der Waals surface area contributed by atoms with Crippen LogP contribution in [0.25, 0.3) is 0 Å². The maximum atomic E-state index is 6.12. The van der Waals surface area contributed by atoms with E-state index in [9.17, 15) is 0 Å². The molecule has 0 atom stereocenters. The normalized spacial score (nSPS) is 10.5. The third kappa shape index (κ3) is 3.87. The third-order valence-corrected chi connectivity index (χ3v) is 4.24. The Hall–Kier alpha value is -1.30. The predicted molar refractivity (Wildman–Crippen MR) is 92.1 cm³/mol. The average Bonchev–Trinajstić information content (AvgIpc) is 2.74. The van der Waals surface area contributed by atoms with E-state index < -0.39 is 0 Å². The second-order valence-electron chi connectivity index (χ2n) is 4.79. The first-order chi connectivity index (χ1) is 9.88. The van der Waals surface area contributed by atoms with Crippen LogP contribution in [0.4, 0.5) is 5.69 Å². The molecule has 21 heavy (non-hydrogen) atoms. The van der Waals surface area contributed by atoms with Crippen LogP contribution in [-0.2, 0) is 13.6 Å². The molecule has 7 heteroatoms. The fourth-order valence-corrected chi connectivity index (χ4v) is 2.34. The number of rotatable bonds is 3. The van der Waals surface area contributed by atoms with Gasteiger partial charge in [0.25, 0.3) is 0 Å². The molecule has 0 unspecified atom stereocenters. The summed E-state index contributed by atoms with van der Waals surface area (Å²) in [4.78, 5) is 1.93. The molecule has 0 bridgehead atoms. The summed E-state index contributed by atoms with van der Waals surface area (Å²) in [5.74, 6) is 0. The summed E-state index contributed by atoms with van der Waals surface area (Å²) in [5, 5.41) is 9.09. The van der Waals surface area contributed by atoms with Crippen LogP contribution in [0.2, 0.25) is 10.0 Å². The minimum atomic E-state index is 0.572. The first-order valence-corrected chi connectivity index (χ1v) is 7.49. The quantitative estimate of drug-likeness (QED) is 0.858. The van der Waals surface area contributed by atoms with Gasteiger partial charge in [-0.3, -0.25) is 4.68 Å². The van der Waals surface area contributed by atoms with Crippen LogP contribution in [0.3, 0.4) is 0 Å². The molecule has 2 rings (SSSR count). The number of halogens is 2. The van der Waals surface area contributed by atoms with Crippen molar-refractivity contribution in [3.63, 3.8) is 0 Å². The first kappa shape index (κ1) is 16.1. The van der Waals surface area contributed by atoms with Gasteiger partial charge in [-0.25, -0.2) is 0 Å². The highest BCUT2D eigenvalue weighted by Gasteiger charge is 2.11. The highest BCUT2D eigenvalue weighted by molar-refractivity contribution is 7.80. The van der Waals surface area contributed by atoms with Gasteiger partial charge in [-0.1, -0.05) is 23.2 Å². The Morgan fingerprint density at radius 1 is 1.43 bits per heavy atom. The fraction of sp³-hybridized carbons (Fsp3) is 0.286. The van der Waals surface area contributed by atoms with E-state index in [2.05, 4.69) is 10.4 Å². The van der Waals surface area contributed by atoms with Gasteiger partial charge in [0.1, 0.15) is 0 Å². The summed E-state index contributed by atoms with van der Waals surface area (Å²) in [6.07, 6.45) is 1.85. The van der Waals surface area contributed by atoms with Gasteiger partial charge in [0.2, 0.25) is 0 Å². The van der Waals surface area contributed by atoms with Crippen molar-refractivity contribution in [1.82, 2.24) is 14.7 Å². The van der Waals surface area contributed by atoms with E-state index in [4.69, 9.17) is 35.4 Å². The molecule has 4 nitrogen and oxygen atoms in total. The van der Waals surface area contributed by atoms with E-state index in [0.29, 0.717) is 27.4 Å². The summed E-state index contributed by atoms with van der Waals surface area (Å²) in [7, 11) is 3.83. The number of aryl methyl sites for hydroxylation is 1. The van der Waals surface area contributed by atoms with E-state index in [1.54, 1.807) is 18.2 Å². The number of thiocarbonyl (C=S) groups is 1. The molecule has 1 aromatic heterocycles. The standard InChI is InChI=1S/C14H16Cl2N4S/c1-9-10(7-17-20(9)3)8-19(2)14(21)18-13-6-11(15)4-5-12(13)16/h4-7H,8H2,1-3H3,(H,18,21). The van der Waals surface area contributed by atoms with Gasteiger partial charge in [-0.05, 0) is 37.3 Å². The van der Waals surface area contributed by atoms with Crippen molar-refractivity contribution in [2.45, 2.75) is 13.5 Å². The highest BCUT2D eigenvalue weighted by atomic mass is 35.5. The lowest BCUT2D eigenvalue weighted by molar-refractivity contribution is 0.506. The third-order valence-electron chi connectivity index (χ3n) is 3.26. The Bertz CT molecular complexity index is 669. The molecule has 2 aromatic rings. The molecule has 112 valence electrons. The van der Waals surface area contributed by atoms with Crippen molar-refractivity contribution in [3.05, 3.63) is 45.7 Å². The van der Waals surface area contributed by atoms with Crippen LogP contribution in [0.1, 0.15) is 11.3 Å². The lowest BCUT2D eigenvalue weighted by Gasteiger charge is -2.21. The van der Waals surface area contributed by atoms with Gasteiger partial charge in [0.05, 0.1) is 16.9 Å². The van der Waals surface area contributed by atoms with Crippen molar-refractivity contribution < 1.29 is 0 Å².